The summed E-state index contributed by atoms with van der Waals surface area (Å²) in [5, 5.41) is 10.8. The van der Waals surface area contributed by atoms with E-state index in [0.29, 0.717) is 0 Å². The van der Waals surface area contributed by atoms with Crippen molar-refractivity contribution in [1.29, 1.82) is 0 Å². The number of aliphatic hydroxyl groups excluding tert-OH is 1. The molecule has 0 aliphatic rings. The standard InChI is InChI=1S/C17H15NO/c1-12-15(11-19)17(13-7-3-2-4-8-13)14-9-5-6-10-16(14)18-12/h2-10,19H,11H2,1H3. The van der Waals surface area contributed by atoms with E-state index < -0.39 is 0 Å². The summed E-state index contributed by atoms with van der Waals surface area (Å²) >= 11 is 0. The van der Waals surface area contributed by atoms with E-state index in [9.17, 15) is 5.11 Å². The van der Waals surface area contributed by atoms with Gasteiger partial charge < -0.3 is 5.11 Å². The van der Waals surface area contributed by atoms with Gasteiger partial charge in [0.15, 0.2) is 0 Å². The predicted molar refractivity (Wildman–Crippen MR) is 77.8 cm³/mol. The molecule has 2 nitrogen and oxygen atoms in total. The van der Waals surface area contributed by atoms with Crippen molar-refractivity contribution < 1.29 is 5.11 Å². The zero-order valence-corrected chi connectivity index (χ0v) is 10.8. The third kappa shape index (κ3) is 2.00. The largest absolute Gasteiger partial charge is 0.392 e. The summed E-state index contributed by atoms with van der Waals surface area (Å²) in [5.41, 5.74) is 4.97. The smallest absolute Gasteiger partial charge is 0.0711 e. The van der Waals surface area contributed by atoms with Crippen molar-refractivity contribution in [3.05, 3.63) is 65.9 Å². The first-order chi connectivity index (χ1) is 9.31. The van der Waals surface area contributed by atoms with Crippen LogP contribution in [0.15, 0.2) is 54.6 Å². The van der Waals surface area contributed by atoms with Crippen molar-refractivity contribution in [3.63, 3.8) is 0 Å². The van der Waals surface area contributed by atoms with E-state index in [1.807, 2.05) is 43.3 Å². The highest BCUT2D eigenvalue weighted by Crippen LogP contribution is 2.32. The number of rotatable bonds is 2. The Labute approximate surface area is 112 Å². The minimum absolute atomic E-state index is 0.00783. The molecule has 0 spiro atoms. The molecular formula is C17H15NO. The fourth-order valence-corrected chi connectivity index (χ4v) is 2.50. The Bertz CT molecular complexity index is 720. The van der Waals surface area contributed by atoms with Crippen LogP contribution in [0.3, 0.4) is 0 Å². The number of aryl methyl sites for hydroxylation is 1. The number of fused-ring (bicyclic) bond motifs is 1. The summed E-state index contributed by atoms with van der Waals surface area (Å²) < 4.78 is 0. The molecule has 3 aromatic rings. The Morgan fingerprint density at radius 1 is 0.947 bits per heavy atom. The van der Waals surface area contributed by atoms with Gasteiger partial charge in [-0.05, 0) is 24.1 Å². The Hall–Kier alpha value is -2.19. The number of hydrogen-bond donors (Lipinski definition) is 1. The quantitative estimate of drug-likeness (QED) is 0.751. The van der Waals surface area contributed by atoms with Crippen LogP contribution in [-0.2, 0) is 6.61 Å². The van der Waals surface area contributed by atoms with Gasteiger partial charge in [0.05, 0.1) is 12.1 Å². The van der Waals surface area contributed by atoms with Crippen molar-refractivity contribution in [2.75, 3.05) is 0 Å². The molecule has 0 saturated heterocycles. The summed E-state index contributed by atoms with van der Waals surface area (Å²) in [4.78, 5) is 4.57. The molecule has 0 fully saturated rings. The van der Waals surface area contributed by atoms with Crippen LogP contribution in [0.25, 0.3) is 22.0 Å². The highest BCUT2D eigenvalue weighted by molar-refractivity contribution is 5.96. The van der Waals surface area contributed by atoms with Gasteiger partial charge in [-0.25, -0.2) is 0 Å². The third-order valence-electron chi connectivity index (χ3n) is 3.42. The summed E-state index contributed by atoms with van der Waals surface area (Å²) in [6, 6.07) is 18.2. The Morgan fingerprint density at radius 2 is 1.63 bits per heavy atom. The first-order valence-electron chi connectivity index (χ1n) is 6.36. The molecule has 2 aromatic carbocycles. The Kier molecular flexibility index (Phi) is 3.02. The number of hydrogen-bond acceptors (Lipinski definition) is 2. The fraction of sp³-hybridized carbons (Fsp3) is 0.118. The van der Waals surface area contributed by atoms with Gasteiger partial charge in [0.1, 0.15) is 0 Å². The average Bonchev–Trinajstić information content (AvgIpc) is 2.46. The lowest BCUT2D eigenvalue weighted by Gasteiger charge is -2.14. The number of nitrogens with zero attached hydrogens (tertiary/aromatic N) is 1. The van der Waals surface area contributed by atoms with Gasteiger partial charge in [0, 0.05) is 16.6 Å². The Balaban J connectivity index is 2.43. The average molecular weight is 249 g/mol. The van der Waals surface area contributed by atoms with Crippen LogP contribution in [0.1, 0.15) is 11.3 Å². The van der Waals surface area contributed by atoms with Gasteiger partial charge in [-0.1, -0.05) is 48.5 Å². The summed E-state index contributed by atoms with van der Waals surface area (Å²) in [6.07, 6.45) is 0. The number of pyridine rings is 1. The van der Waals surface area contributed by atoms with Crippen LogP contribution in [-0.4, -0.2) is 10.1 Å². The summed E-state index contributed by atoms with van der Waals surface area (Å²) in [5.74, 6) is 0. The number of aliphatic hydroxyl groups is 1. The van der Waals surface area contributed by atoms with E-state index >= 15 is 0 Å². The lowest BCUT2D eigenvalue weighted by molar-refractivity contribution is 0.281. The van der Waals surface area contributed by atoms with E-state index in [4.69, 9.17) is 0 Å². The second-order valence-corrected chi connectivity index (χ2v) is 4.59. The van der Waals surface area contributed by atoms with Crippen LogP contribution in [0, 0.1) is 6.92 Å². The van der Waals surface area contributed by atoms with E-state index in [-0.39, 0.29) is 6.61 Å². The zero-order valence-electron chi connectivity index (χ0n) is 10.8. The molecule has 0 amide bonds. The molecule has 0 radical (unpaired) electrons. The molecule has 1 heterocycles. The van der Waals surface area contributed by atoms with Crippen molar-refractivity contribution in [1.82, 2.24) is 4.98 Å². The summed E-state index contributed by atoms with van der Waals surface area (Å²) in [7, 11) is 0. The Morgan fingerprint density at radius 3 is 2.37 bits per heavy atom. The molecule has 0 aliphatic heterocycles. The predicted octanol–water partition coefficient (Wildman–Crippen LogP) is 3.70. The first-order valence-corrected chi connectivity index (χ1v) is 6.36. The van der Waals surface area contributed by atoms with Crippen LogP contribution in [0.5, 0.6) is 0 Å². The van der Waals surface area contributed by atoms with E-state index in [2.05, 4.69) is 23.2 Å². The highest BCUT2D eigenvalue weighted by atomic mass is 16.3. The van der Waals surface area contributed by atoms with E-state index in [1.165, 1.54) is 0 Å². The molecule has 0 bridgehead atoms. The van der Waals surface area contributed by atoms with Crippen LogP contribution in [0.4, 0.5) is 0 Å². The van der Waals surface area contributed by atoms with Crippen molar-refractivity contribution >= 4 is 10.9 Å². The van der Waals surface area contributed by atoms with Gasteiger partial charge >= 0.3 is 0 Å². The normalized spacial score (nSPS) is 10.8. The molecule has 19 heavy (non-hydrogen) atoms. The topological polar surface area (TPSA) is 33.1 Å². The number of benzene rings is 2. The minimum atomic E-state index is 0.00783. The van der Waals surface area contributed by atoms with Crippen LogP contribution in [0.2, 0.25) is 0 Å². The second kappa shape index (κ2) is 4.82. The molecule has 1 N–H and O–H groups in total. The molecule has 94 valence electrons. The molecule has 2 heteroatoms. The maximum Gasteiger partial charge on any atom is 0.0711 e. The SMILES string of the molecule is Cc1nc2ccccc2c(-c2ccccc2)c1CO. The molecule has 1 aromatic heterocycles. The van der Waals surface area contributed by atoms with Crippen molar-refractivity contribution in [3.8, 4) is 11.1 Å². The molecule has 0 aliphatic carbocycles. The van der Waals surface area contributed by atoms with Crippen LogP contribution < -0.4 is 0 Å². The molecular weight excluding hydrogens is 234 g/mol. The zero-order chi connectivity index (χ0) is 13.2. The number of para-hydroxylation sites is 1. The van der Waals surface area contributed by atoms with Crippen molar-refractivity contribution in [2.24, 2.45) is 0 Å². The highest BCUT2D eigenvalue weighted by Gasteiger charge is 2.13. The van der Waals surface area contributed by atoms with E-state index in [1.54, 1.807) is 0 Å². The maximum absolute atomic E-state index is 9.68. The molecule has 0 atom stereocenters. The lowest BCUT2D eigenvalue weighted by atomic mass is 9.95. The summed E-state index contributed by atoms with van der Waals surface area (Å²) in [6.45, 7) is 1.96. The van der Waals surface area contributed by atoms with Crippen molar-refractivity contribution in [2.45, 2.75) is 13.5 Å². The first kappa shape index (κ1) is 11.9. The van der Waals surface area contributed by atoms with Gasteiger partial charge in [0.2, 0.25) is 0 Å². The minimum Gasteiger partial charge on any atom is -0.392 e. The second-order valence-electron chi connectivity index (χ2n) is 4.59. The van der Waals surface area contributed by atoms with Gasteiger partial charge in [0.25, 0.3) is 0 Å². The molecule has 3 rings (SSSR count). The monoisotopic (exact) mass is 249 g/mol. The number of aromatic nitrogens is 1. The van der Waals surface area contributed by atoms with Crippen LogP contribution >= 0.6 is 0 Å². The fourth-order valence-electron chi connectivity index (χ4n) is 2.50. The lowest BCUT2D eigenvalue weighted by Crippen LogP contribution is -1.98. The molecule has 0 saturated carbocycles. The van der Waals surface area contributed by atoms with Gasteiger partial charge in [-0.3, -0.25) is 4.98 Å². The van der Waals surface area contributed by atoms with Gasteiger partial charge in [-0.2, -0.15) is 0 Å². The third-order valence-corrected chi connectivity index (χ3v) is 3.42. The van der Waals surface area contributed by atoms with E-state index in [0.717, 1.165) is 33.3 Å². The van der Waals surface area contributed by atoms with Gasteiger partial charge in [-0.15, -0.1) is 0 Å². The maximum atomic E-state index is 9.68. The molecule has 0 unspecified atom stereocenters.